The van der Waals surface area contributed by atoms with Gasteiger partial charge in [-0.2, -0.15) is 0 Å². The SMILES string of the molecule is CC(C)(C)/C=C/C(c1ccccn1)C(C)(C)CCC(C)(C)/C=C/C(C1CC1)C(C)(C)C. The summed E-state index contributed by atoms with van der Waals surface area (Å²) in [5.74, 6) is 1.93. The van der Waals surface area contributed by atoms with Crippen LogP contribution in [0.2, 0.25) is 0 Å². The Labute approximate surface area is 193 Å². The smallest absolute Gasteiger partial charge is 0.0477 e. The van der Waals surface area contributed by atoms with E-state index >= 15 is 0 Å². The third kappa shape index (κ3) is 8.59. The van der Waals surface area contributed by atoms with Crippen LogP contribution in [0.4, 0.5) is 0 Å². The van der Waals surface area contributed by atoms with Crippen LogP contribution in [0.5, 0.6) is 0 Å². The molecule has 0 spiro atoms. The minimum Gasteiger partial charge on any atom is -0.261 e. The van der Waals surface area contributed by atoms with Gasteiger partial charge in [0.15, 0.2) is 0 Å². The molecule has 0 saturated heterocycles. The monoisotopic (exact) mass is 423 g/mol. The second-order valence-corrected chi connectivity index (χ2v) is 13.5. The highest BCUT2D eigenvalue weighted by Gasteiger charge is 2.37. The van der Waals surface area contributed by atoms with Gasteiger partial charge in [0.1, 0.15) is 0 Å². The van der Waals surface area contributed by atoms with Gasteiger partial charge in [0.05, 0.1) is 0 Å². The summed E-state index contributed by atoms with van der Waals surface area (Å²) in [7, 11) is 0. The minimum absolute atomic E-state index is 0.140. The van der Waals surface area contributed by atoms with Gasteiger partial charge < -0.3 is 0 Å². The second-order valence-electron chi connectivity index (χ2n) is 13.5. The van der Waals surface area contributed by atoms with Gasteiger partial charge in [-0.1, -0.05) is 99.6 Å². The first-order chi connectivity index (χ1) is 14.1. The number of pyridine rings is 1. The molecule has 0 N–H and O–H groups in total. The Morgan fingerprint density at radius 3 is 2.00 bits per heavy atom. The Hall–Kier alpha value is -1.37. The van der Waals surface area contributed by atoms with Gasteiger partial charge in [-0.3, -0.25) is 4.98 Å². The Morgan fingerprint density at radius 1 is 0.871 bits per heavy atom. The Morgan fingerprint density at radius 2 is 1.52 bits per heavy atom. The van der Waals surface area contributed by atoms with Gasteiger partial charge >= 0.3 is 0 Å². The Bertz CT molecular complexity index is 733. The first-order valence-corrected chi connectivity index (χ1v) is 12.4. The molecule has 1 saturated carbocycles. The van der Waals surface area contributed by atoms with Gasteiger partial charge in [-0.05, 0) is 71.3 Å². The minimum atomic E-state index is 0.140. The fourth-order valence-corrected chi connectivity index (χ4v) is 4.56. The number of hydrogen-bond acceptors (Lipinski definition) is 1. The summed E-state index contributed by atoms with van der Waals surface area (Å²) in [6.45, 7) is 23.7. The molecule has 31 heavy (non-hydrogen) atoms. The molecule has 2 rings (SSSR count). The molecular weight excluding hydrogens is 374 g/mol. The summed E-state index contributed by atoms with van der Waals surface area (Å²) in [4.78, 5) is 4.74. The van der Waals surface area contributed by atoms with Crippen LogP contribution in [0.25, 0.3) is 0 Å². The maximum Gasteiger partial charge on any atom is 0.0477 e. The molecule has 0 amide bonds. The number of hydrogen-bond donors (Lipinski definition) is 0. The van der Waals surface area contributed by atoms with E-state index in [0.717, 1.165) is 5.92 Å². The fourth-order valence-electron chi connectivity index (χ4n) is 4.56. The first kappa shape index (κ1) is 25.9. The van der Waals surface area contributed by atoms with Crippen LogP contribution in [-0.2, 0) is 0 Å². The summed E-state index contributed by atoms with van der Waals surface area (Å²) in [5, 5.41) is 0. The fraction of sp³-hybridized carbons (Fsp3) is 0.700. The largest absolute Gasteiger partial charge is 0.261 e. The van der Waals surface area contributed by atoms with Crippen molar-refractivity contribution in [3.8, 4) is 0 Å². The zero-order valence-corrected chi connectivity index (χ0v) is 22.1. The molecule has 0 aromatic carbocycles. The lowest BCUT2D eigenvalue weighted by Crippen LogP contribution is -2.25. The molecule has 0 radical (unpaired) electrons. The molecule has 1 nitrogen and oxygen atoms in total. The van der Waals surface area contributed by atoms with E-state index in [2.05, 4.69) is 106 Å². The highest BCUT2D eigenvalue weighted by molar-refractivity contribution is 5.20. The molecule has 2 atom stereocenters. The summed E-state index contributed by atoms with van der Waals surface area (Å²) >= 11 is 0. The van der Waals surface area contributed by atoms with Crippen molar-refractivity contribution in [2.24, 2.45) is 33.5 Å². The standard InChI is InChI=1S/C30H49N/c1-27(2,3)18-16-25(26-13-11-12-22-31-26)30(9,10)21-20-29(7,8)19-17-24(23-14-15-23)28(4,5)6/h11-13,16-19,22-25H,14-15,20-21H2,1-10H3/b18-16+,19-17+. The van der Waals surface area contributed by atoms with Gasteiger partial charge in [0.2, 0.25) is 0 Å². The molecular formula is C30H49N. The third-order valence-electron chi connectivity index (χ3n) is 6.94. The lowest BCUT2D eigenvalue weighted by molar-refractivity contribution is 0.240. The van der Waals surface area contributed by atoms with Crippen LogP contribution in [0.1, 0.15) is 107 Å². The van der Waals surface area contributed by atoms with E-state index in [-0.39, 0.29) is 16.2 Å². The maximum atomic E-state index is 4.74. The Kier molecular flexibility index (Phi) is 8.05. The Balaban J connectivity index is 2.15. The quantitative estimate of drug-likeness (QED) is 0.361. The molecule has 2 unspecified atom stereocenters. The van der Waals surface area contributed by atoms with E-state index in [1.165, 1.54) is 31.4 Å². The van der Waals surface area contributed by atoms with Gasteiger partial charge in [0.25, 0.3) is 0 Å². The molecule has 174 valence electrons. The average molecular weight is 424 g/mol. The molecule has 1 aliphatic carbocycles. The molecule has 0 aliphatic heterocycles. The number of allylic oxidation sites excluding steroid dienone is 4. The van der Waals surface area contributed by atoms with E-state index in [0.29, 0.717) is 17.3 Å². The van der Waals surface area contributed by atoms with Crippen LogP contribution in [0.15, 0.2) is 48.7 Å². The van der Waals surface area contributed by atoms with Crippen LogP contribution in [-0.4, -0.2) is 4.98 Å². The number of nitrogens with zero attached hydrogens (tertiary/aromatic N) is 1. The van der Waals surface area contributed by atoms with Gasteiger partial charge in [-0.25, -0.2) is 0 Å². The molecule has 1 fully saturated rings. The average Bonchev–Trinajstić information content (AvgIpc) is 3.44. The number of rotatable bonds is 9. The van der Waals surface area contributed by atoms with Crippen molar-refractivity contribution in [1.29, 1.82) is 0 Å². The van der Waals surface area contributed by atoms with Gasteiger partial charge in [0, 0.05) is 17.8 Å². The highest BCUT2D eigenvalue weighted by atomic mass is 14.7. The molecule has 1 aromatic rings. The van der Waals surface area contributed by atoms with Gasteiger partial charge in [-0.15, -0.1) is 0 Å². The van der Waals surface area contributed by atoms with Crippen molar-refractivity contribution in [2.75, 3.05) is 0 Å². The summed E-state index contributed by atoms with van der Waals surface area (Å²) in [6, 6.07) is 6.32. The van der Waals surface area contributed by atoms with Crippen LogP contribution in [0, 0.1) is 33.5 Å². The lowest BCUT2D eigenvalue weighted by atomic mass is 9.69. The zero-order valence-electron chi connectivity index (χ0n) is 22.1. The van der Waals surface area contributed by atoms with Crippen molar-refractivity contribution >= 4 is 0 Å². The van der Waals surface area contributed by atoms with Crippen molar-refractivity contribution < 1.29 is 0 Å². The van der Waals surface area contributed by atoms with Crippen molar-refractivity contribution in [3.05, 3.63) is 54.4 Å². The predicted octanol–water partition coefficient (Wildman–Crippen LogP) is 9.23. The predicted molar refractivity (Wildman–Crippen MR) is 137 cm³/mol. The molecule has 1 heterocycles. The lowest BCUT2D eigenvalue weighted by Gasteiger charge is -2.36. The molecule has 1 aromatic heterocycles. The molecule has 1 heteroatoms. The van der Waals surface area contributed by atoms with E-state index < -0.39 is 0 Å². The topological polar surface area (TPSA) is 12.9 Å². The van der Waals surface area contributed by atoms with E-state index in [9.17, 15) is 0 Å². The number of aromatic nitrogens is 1. The zero-order chi connectivity index (χ0) is 23.5. The van der Waals surface area contributed by atoms with Crippen LogP contribution < -0.4 is 0 Å². The maximum absolute atomic E-state index is 4.74. The molecule has 0 bridgehead atoms. The van der Waals surface area contributed by atoms with E-state index in [1.54, 1.807) is 0 Å². The normalized spacial score (nSPS) is 18.6. The summed E-state index contributed by atoms with van der Waals surface area (Å²) in [6.07, 6.45) is 17.0. The summed E-state index contributed by atoms with van der Waals surface area (Å²) in [5.41, 5.74) is 2.06. The first-order valence-electron chi connectivity index (χ1n) is 12.4. The van der Waals surface area contributed by atoms with E-state index in [4.69, 9.17) is 4.98 Å². The van der Waals surface area contributed by atoms with Crippen molar-refractivity contribution in [3.63, 3.8) is 0 Å². The highest BCUT2D eigenvalue weighted by Crippen LogP contribution is 2.47. The van der Waals surface area contributed by atoms with Crippen LogP contribution in [0.3, 0.4) is 0 Å². The molecule has 1 aliphatic rings. The third-order valence-corrected chi connectivity index (χ3v) is 6.94. The van der Waals surface area contributed by atoms with E-state index in [1.807, 2.05) is 12.3 Å². The van der Waals surface area contributed by atoms with Crippen molar-refractivity contribution in [1.82, 2.24) is 4.98 Å². The van der Waals surface area contributed by atoms with Crippen molar-refractivity contribution in [2.45, 2.75) is 101 Å². The van der Waals surface area contributed by atoms with Crippen LogP contribution >= 0.6 is 0 Å². The summed E-state index contributed by atoms with van der Waals surface area (Å²) < 4.78 is 0. The second kappa shape index (κ2) is 9.63.